The zero-order valence-corrected chi connectivity index (χ0v) is 9.63. The topological polar surface area (TPSA) is 97.5 Å². The lowest BCUT2D eigenvalue weighted by Crippen LogP contribution is -2.08. The minimum atomic E-state index is -1.34. The number of ether oxygens (including phenoxy) is 1. The molecule has 4 N–H and O–H groups in total. The maximum absolute atomic E-state index is 13.5. The molecule has 0 saturated carbocycles. The quantitative estimate of drug-likeness (QED) is 0.790. The first-order valence-electron chi connectivity index (χ1n) is 5.23. The van der Waals surface area contributed by atoms with Crippen molar-refractivity contribution in [3.8, 4) is 11.5 Å². The second kappa shape index (κ2) is 5.21. The third-order valence-electron chi connectivity index (χ3n) is 2.17. The first-order valence-corrected chi connectivity index (χ1v) is 5.23. The number of carbonyl (C=O) groups is 1. The van der Waals surface area contributed by atoms with Crippen LogP contribution in [0.5, 0.6) is 11.5 Å². The Kier molecular flexibility index (Phi) is 3.46. The van der Waals surface area contributed by atoms with Crippen LogP contribution in [0.25, 0.3) is 0 Å². The van der Waals surface area contributed by atoms with Gasteiger partial charge in [-0.15, -0.1) is 0 Å². The Bertz CT molecular complexity index is 619. The lowest BCUT2D eigenvalue weighted by molar-refractivity contribution is 0.209. The van der Waals surface area contributed by atoms with Crippen molar-refractivity contribution >= 4 is 17.6 Å². The Labute approximate surface area is 107 Å². The molecule has 2 aromatic rings. The van der Waals surface area contributed by atoms with E-state index in [4.69, 9.17) is 15.6 Å². The smallest absolute Gasteiger partial charge is 0.409 e. The molecule has 0 aliphatic rings. The van der Waals surface area contributed by atoms with Gasteiger partial charge in [0.05, 0.1) is 5.69 Å². The molecule has 1 heterocycles. The molecule has 0 saturated heterocycles. The van der Waals surface area contributed by atoms with Crippen LogP contribution in [-0.4, -0.2) is 16.2 Å². The summed E-state index contributed by atoms with van der Waals surface area (Å²) in [5.74, 6) is 0.175. The Balaban J connectivity index is 2.18. The van der Waals surface area contributed by atoms with E-state index in [0.29, 0.717) is 5.75 Å². The number of nitrogens with two attached hydrogens (primary N) is 1. The van der Waals surface area contributed by atoms with Gasteiger partial charge in [0.1, 0.15) is 17.3 Å². The molecule has 2 rings (SSSR count). The number of aromatic nitrogens is 1. The molecule has 0 unspecified atom stereocenters. The van der Waals surface area contributed by atoms with Gasteiger partial charge in [0.25, 0.3) is 0 Å². The molecule has 1 aromatic heterocycles. The van der Waals surface area contributed by atoms with Gasteiger partial charge < -0.3 is 15.6 Å². The highest BCUT2D eigenvalue weighted by Gasteiger charge is 2.07. The molecule has 0 fully saturated rings. The van der Waals surface area contributed by atoms with Gasteiger partial charge >= 0.3 is 6.09 Å². The normalized spacial score (nSPS) is 9.95. The summed E-state index contributed by atoms with van der Waals surface area (Å²) in [6.07, 6.45) is 0.121. The van der Waals surface area contributed by atoms with E-state index in [1.54, 1.807) is 6.07 Å². The minimum absolute atomic E-state index is 0.144. The van der Waals surface area contributed by atoms with Crippen molar-refractivity contribution in [3.63, 3.8) is 0 Å². The van der Waals surface area contributed by atoms with E-state index in [0.717, 1.165) is 6.07 Å². The van der Waals surface area contributed by atoms with Crippen LogP contribution in [0.3, 0.4) is 0 Å². The van der Waals surface area contributed by atoms with E-state index in [1.165, 1.54) is 24.4 Å². The SMILES string of the molecule is Nc1cc(Oc2ccc(NC(=O)O)c(F)c2)ccn1. The third kappa shape index (κ3) is 3.32. The van der Waals surface area contributed by atoms with Crippen LogP contribution in [0.1, 0.15) is 0 Å². The second-order valence-electron chi connectivity index (χ2n) is 3.59. The van der Waals surface area contributed by atoms with Gasteiger partial charge in [-0.3, -0.25) is 5.32 Å². The van der Waals surface area contributed by atoms with Gasteiger partial charge in [-0.05, 0) is 18.2 Å². The molecular formula is C12H10FN3O3. The number of nitrogen functional groups attached to an aromatic ring is 1. The van der Waals surface area contributed by atoms with Gasteiger partial charge in [-0.2, -0.15) is 0 Å². The molecule has 1 aromatic carbocycles. The van der Waals surface area contributed by atoms with Crippen LogP contribution < -0.4 is 15.8 Å². The number of halogens is 1. The van der Waals surface area contributed by atoms with E-state index < -0.39 is 11.9 Å². The van der Waals surface area contributed by atoms with E-state index in [1.807, 2.05) is 5.32 Å². The molecular weight excluding hydrogens is 253 g/mol. The summed E-state index contributed by atoms with van der Waals surface area (Å²) < 4.78 is 18.9. The number of benzene rings is 1. The Morgan fingerprint density at radius 1 is 1.32 bits per heavy atom. The largest absolute Gasteiger partial charge is 0.465 e. The average Bonchev–Trinajstić information content (AvgIpc) is 2.32. The van der Waals surface area contributed by atoms with Crippen molar-refractivity contribution in [2.24, 2.45) is 0 Å². The average molecular weight is 263 g/mol. The monoisotopic (exact) mass is 263 g/mol. The van der Waals surface area contributed by atoms with Gasteiger partial charge in [0, 0.05) is 18.3 Å². The maximum Gasteiger partial charge on any atom is 0.409 e. The molecule has 98 valence electrons. The predicted molar refractivity (Wildman–Crippen MR) is 66.8 cm³/mol. The number of amides is 1. The molecule has 19 heavy (non-hydrogen) atoms. The zero-order chi connectivity index (χ0) is 13.8. The molecule has 0 aliphatic carbocycles. The fourth-order valence-electron chi connectivity index (χ4n) is 1.40. The molecule has 6 nitrogen and oxygen atoms in total. The van der Waals surface area contributed by atoms with Crippen molar-refractivity contribution in [1.82, 2.24) is 4.98 Å². The van der Waals surface area contributed by atoms with E-state index in [9.17, 15) is 9.18 Å². The van der Waals surface area contributed by atoms with Crippen molar-refractivity contribution in [2.75, 3.05) is 11.1 Å². The number of pyridine rings is 1. The van der Waals surface area contributed by atoms with Crippen LogP contribution >= 0.6 is 0 Å². The molecule has 0 aliphatic heterocycles. The van der Waals surface area contributed by atoms with Gasteiger partial charge in [-0.1, -0.05) is 0 Å². The first kappa shape index (κ1) is 12.6. The van der Waals surface area contributed by atoms with Crippen LogP contribution in [0.15, 0.2) is 36.5 Å². The third-order valence-corrected chi connectivity index (χ3v) is 2.17. The van der Waals surface area contributed by atoms with Crippen molar-refractivity contribution < 1.29 is 19.0 Å². The molecule has 0 spiro atoms. The van der Waals surface area contributed by atoms with Crippen LogP contribution in [-0.2, 0) is 0 Å². The number of hydrogen-bond acceptors (Lipinski definition) is 4. The summed E-state index contributed by atoms with van der Waals surface area (Å²) in [6, 6.07) is 6.83. The van der Waals surface area contributed by atoms with Crippen molar-refractivity contribution in [3.05, 3.63) is 42.3 Å². The summed E-state index contributed by atoms with van der Waals surface area (Å²) in [7, 11) is 0. The number of nitrogens with one attached hydrogen (secondary N) is 1. The van der Waals surface area contributed by atoms with Gasteiger partial charge in [0.2, 0.25) is 0 Å². The van der Waals surface area contributed by atoms with E-state index in [-0.39, 0.29) is 17.3 Å². The number of rotatable bonds is 3. The van der Waals surface area contributed by atoms with Crippen LogP contribution in [0.4, 0.5) is 20.7 Å². The van der Waals surface area contributed by atoms with Crippen molar-refractivity contribution in [2.45, 2.75) is 0 Å². The summed E-state index contributed by atoms with van der Waals surface area (Å²) in [5.41, 5.74) is 5.34. The molecule has 1 amide bonds. The standard InChI is InChI=1S/C12H10FN3O3/c13-9-5-7(1-2-10(9)16-12(17)18)19-8-3-4-15-11(14)6-8/h1-6,16H,(H2,14,15)(H,17,18). The highest BCUT2D eigenvalue weighted by Crippen LogP contribution is 2.25. The Hall–Kier alpha value is -2.83. The number of carboxylic acid groups (broad SMARTS) is 1. The summed E-state index contributed by atoms with van der Waals surface area (Å²) in [6.45, 7) is 0. The van der Waals surface area contributed by atoms with Crippen LogP contribution in [0, 0.1) is 5.82 Å². The fraction of sp³-hybridized carbons (Fsp3) is 0. The van der Waals surface area contributed by atoms with Crippen LogP contribution in [0.2, 0.25) is 0 Å². The molecule has 0 radical (unpaired) electrons. The molecule has 0 atom stereocenters. The minimum Gasteiger partial charge on any atom is -0.465 e. The lowest BCUT2D eigenvalue weighted by Gasteiger charge is -2.08. The highest BCUT2D eigenvalue weighted by molar-refractivity contribution is 5.83. The van der Waals surface area contributed by atoms with E-state index >= 15 is 0 Å². The van der Waals surface area contributed by atoms with Crippen molar-refractivity contribution in [1.29, 1.82) is 0 Å². The first-order chi connectivity index (χ1) is 9.04. The number of nitrogens with zero attached hydrogens (tertiary/aromatic N) is 1. The fourth-order valence-corrected chi connectivity index (χ4v) is 1.40. The number of hydrogen-bond donors (Lipinski definition) is 3. The Morgan fingerprint density at radius 2 is 2.05 bits per heavy atom. The summed E-state index contributed by atoms with van der Waals surface area (Å²) in [5, 5.41) is 10.4. The number of anilines is 2. The summed E-state index contributed by atoms with van der Waals surface area (Å²) >= 11 is 0. The highest BCUT2D eigenvalue weighted by atomic mass is 19.1. The molecule has 0 bridgehead atoms. The lowest BCUT2D eigenvalue weighted by atomic mass is 10.3. The Morgan fingerprint density at radius 3 is 2.68 bits per heavy atom. The maximum atomic E-state index is 13.5. The van der Waals surface area contributed by atoms with Gasteiger partial charge in [-0.25, -0.2) is 14.2 Å². The van der Waals surface area contributed by atoms with Gasteiger partial charge in [0.15, 0.2) is 5.82 Å². The predicted octanol–water partition coefficient (Wildman–Crippen LogP) is 2.69. The zero-order valence-electron chi connectivity index (χ0n) is 9.63. The summed E-state index contributed by atoms with van der Waals surface area (Å²) in [4.78, 5) is 14.2. The second-order valence-corrected chi connectivity index (χ2v) is 3.59. The molecule has 7 heteroatoms. The van der Waals surface area contributed by atoms with E-state index in [2.05, 4.69) is 4.98 Å².